The van der Waals surface area contributed by atoms with Crippen molar-refractivity contribution < 1.29 is 4.74 Å². The molecular formula is C11H15O. The summed E-state index contributed by atoms with van der Waals surface area (Å²) in [6, 6.07) is 10.1. The third-order valence-corrected chi connectivity index (χ3v) is 1.69. The topological polar surface area (TPSA) is 9.23 Å². The molecule has 0 heterocycles. The van der Waals surface area contributed by atoms with Gasteiger partial charge in [-0.25, -0.2) is 0 Å². The summed E-state index contributed by atoms with van der Waals surface area (Å²) >= 11 is 0. The lowest BCUT2D eigenvalue weighted by Gasteiger charge is -2.11. The van der Waals surface area contributed by atoms with Gasteiger partial charge in [0.05, 0.1) is 6.10 Å². The Morgan fingerprint density at radius 1 is 1.33 bits per heavy atom. The van der Waals surface area contributed by atoms with Crippen LogP contribution in [-0.2, 0) is 4.74 Å². The summed E-state index contributed by atoms with van der Waals surface area (Å²) in [6.07, 6.45) is 1.02. The van der Waals surface area contributed by atoms with E-state index in [1.54, 1.807) is 0 Å². The molecule has 1 nitrogen and oxygen atoms in total. The maximum atomic E-state index is 5.47. The van der Waals surface area contributed by atoms with Gasteiger partial charge < -0.3 is 4.74 Å². The molecular weight excluding hydrogens is 148 g/mol. The minimum absolute atomic E-state index is 0.0221. The lowest BCUT2D eigenvalue weighted by atomic mass is 10.1. The Morgan fingerprint density at radius 2 is 2.00 bits per heavy atom. The van der Waals surface area contributed by atoms with Crippen LogP contribution in [0, 0.1) is 6.92 Å². The Bertz CT molecular complexity index is 206. The molecule has 1 unspecified atom stereocenters. The molecule has 0 aliphatic rings. The Labute approximate surface area is 74.4 Å². The Morgan fingerprint density at radius 3 is 2.58 bits per heavy atom. The molecule has 0 aliphatic heterocycles. The van der Waals surface area contributed by atoms with Gasteiger partial charge in [0.2, 0.25) is 0 Å². The van der Waals surface area contributed by atoms with E-state index >= 15 is 0 Å². The maximum Gasteiger partial charge on any atom is 0.0826 e. The normalized spacial score (nSPS) is 12.8. The van der Waals surface area contributed by atoms with Gasteiger partial charge in [-0.2, -0.15) is 0 Å². The molecule has 1 radical (unpaired) electrons. The predicted octanol–water partition coefficient (Wildman–Crippen LogP) is 2.99. The van der Waals surface area contributed by atoms with Crippen molar-refractivity contribution in [3.05, 3.63) is 42.8 Å². The Hall–Kier alpha value is -0.820. The van der Waals surface area contributed by atoms with E-state index in [-0.39, 0.29) is 6.10 Å². The first kappa shape index (κ1) is 9.27. The van der Waals surface area contributed by atoms with Crippen molar-refractivity contribution in [2.24, 2.45) is 0 Å². The average Bonchev–Trinajstić information content (AvgIpc) is 2.15. The third kappa shape index (κ3) is 2.67. The lowest BCUT2D eigenvalue weighted by Crippen LogP contribution is -2.00. The highest BCUT2D eigenvalue weighted by molar-refractivity contribution is 5.18. The van der Waals surface area contributed by atoms with Crippen LogP contribution >= 0.6 is 0 Å². The van der Waals surface area contributed by atoms with Gasteiger partial charge in [-0.05, 0) is 18.9 Å². The second-order valence-corrected chi connectivity index (χ2v) is 2.77. The molecule has 0 aromatic heterocycles. The van der Waals surface area contributed by atoms with Gasteiger partial charge in [0.15, 0.2) is 0 Å². The second kappa shape index (κ2) is 4.94. The van der Waals surface area contributed by atoms with Crippen LogP contribution < -0.4 is 0 Å². The first-order valence-corrected chi connectivity index (χ1v) is 4.34. The van der Waals surface area contributed by atoms with E-state index in [2.05, 4.69) is 13.8 Å². The molecule has 0 saturated heterocycles. The fourth-order valence-corrected chi connectivity index (χ4v) is 1.02. The van der Waals surface area contributed by atoms with Gasteiger partial charge in [0.25, 0.3) is 0 Å². The largest absolute Gasteiger partial charge is 0.374 e. The number of ether oxygens (including phenoxy) is 1. The smallest absolute Gasteiger partial charge is 0.0826 e. The van der Waals surface area contributed by atoms with E-state index in [4.69, 9.17) is 4.74 Å². The molecule has 65 valence electrons. The first-order chi connectivity index (χ1) is 5.84. The molecule has 0 saturated carbocycles. The highest BCUT2D eigenvalue weighted by Crippen LogP contribution is 2.14. The van der Waals surface area contributed by atoms with Gasteiger partial charge in [0, 0.05) is 6.61 Å². The van der Waals surface area contributed by atoms with Gasteiger partial charge in [-0.3, -0.25) is 0 Å². The first-order valence-electron chi connectivity index (χ1n) is 4.34. The molecule has 0 aliphatic carbocycles. The summed E-state index contributed by atoms with van der Waals surface area (Å²) in [5.41, 5.74) is 1.14. The Kier molecular flexibility index (Phi) is 3.81. The fraction of sp³-hybridized carbons (Fsp3) is 0.364. The third-order valence-electron chi connectivity index (χ3n) is 1.69. The van der Waals surface area contributed by atoms with Crippen molar-refractivity contribution in [1.82, 2.24) is 0 Å². The van der Waals surface area contributed by atoms with Crippen LogP contribution in [0.3, 0.4) is 0 Å². The maximum absolute atomic E-state index is 5.47. The van der Waals surface area contributed by atoms with Crippen molar-refractivity contribution >= 4 is 0 Å². The van der Waals surface area contributed by atoms with Crippen LogP contribution in [-0.4, -0.2) is 6.61 Å². The van der Waals surface area contributed by atoms with E-state index in [0.717, 1.165) is 18.6 Å². The van der Waals surface area contributed by atoms with E-state index in [1.165, 1.54) is 0 Å². The van der Waals surface area contributed by atoms with Crippen molar-refractivity contribution in [2.75, 3.05) is 6.61 Å². The van der Waals surface area contributed by atoms with Gasteiger partial charge in [-0.15, -0.1) is 0 Å². The van der Waals surface area contributed by atoms with Crippen LogP contribution in [0.4, 0.5) is 0 Å². The van der Waals surface area contributed by atoms with Crippen LogP contribution in [0.2, 0.25) is 0 Å². The van der Waals surface area contributed by atoms with E-state index in [0.29, 0.717) is 0 Å². The van der Waals surface area contributed by atoms with Crippen molar-refractivity contribution in [3.63, 3.8) is 0 Å². The summed E-state index contributed by atoms with van der Waals surface area (Å²) < 4.78 is 5.47. The summed E-state index contributed by atoms with van der Waals surface area (Å²) in [6.45, 7) is 6.80. The Balaban J connectivity index is 2.48. The molecule has 1 aromatic rings. The summed E-state index contributed by atoms with van der Waals surface area (Å²) in [7, 11) is 0. The number of benzene rings is 1. The zero-order valence-electron chi connectivity index (χ0n) is 7.49. The van der Waals surface area contributed by atoms with Crippen LogP contribution in [0.15, 0.2) is 30.3 Å². The molecule has 1 rings (SSSR count). The minimum atomic E-state index is -0.0221. The molecule has 1 heteroatoms. The van der Waals surface area contributed by atoms with Crippen molar-refractivity contribution in [2.45, 2.75) is 19.4 Å². The number of hydrogen-bond donors (Lipinski definition) is 0. The fourth-order valence-electron chi connectivity index (χ4n) is 1.02. The molecule has 0 bridgehead atoms. The van der Waals surface area contributed by atoms with E-state index in [1.807, 2.05) is 30.3 Å². The summed E-state index contributed by atoms with van der Waals surface area (Å²) in [5.74, 6) is 0. The second-order valence-electron chi connectivity index (χ2n) is 2.77. The van der Waals surface area contributed by atoms with E-state index < -0.39 is 0 Å². The number of hydrogen-bond acceptors (Lipinski definition) is 1. The SMILES string of the molecule is [CH2]C(OCCC)c1ccccc1. The predicted molar refractivity (Wildman–Crippen MR) is 50.8 cm³/mol. The minimum Gasteiger partial charge on any atom is -0.374 e. The van der Waals surface area contributed by atoms with Gasteiger partial charge >= 0.3 is 0 Å². The van der Waals surface area contributed by atoms with Crippen LogP contribution in [0.1, 0.15) is 25.0 Å². The zero-order chi connectivity index (χ0) is 8.81. The molecule has 0 N–H and O–H groups in total. The monoisotopic (exact) mass is 163 g/mol. The summed E-state index contributed by atoms with van der Waals surface area (Å²) in [4.78, 5) is 0. The van der Waals surface area contributed by atoms with Crippen LogP contribution in [0.5, 0.6) is 0 Å². The summed E-state index contributed by atoms with van der Waals surface area (Å²) in [5, 5.41) is 0. The van der Waals surface area contributed by atoms with Crippen LogP contribution in [0.25, 0.3) is 0 Å². The molecule has 1 atom stereocenters. The van der Waals surface area contributed by atoms with E-state index in [9.17, 15) is 0 Å². The quantitative estimate of drug-likeness (QED) is 0.663. The molecule has 1 aromatic carbocycles. The lowest BCUT2D eigenvalue weighted by molar-refractivity contribution is 0.0839. The van der Waals surface area contributed by atoms with Crippen molar-refractivity contribution in [3.8, 4) is 0 Å². The van der Waals surface area contributed by atoms with Gasteiger partial charge in [0.1, 0.15) is 0 Å². The standard InChI is InChI=1S/C11H15O/c1-3-9-12-10(2)11-7-5-4-6-8-11/h4-8,10H,2-3,9H2,1H3. The molecule has 0 fully saturated rings. The average molecular weight is 163 g/mol. The molecule has 12 heavy (non-hydrogen) atoms. The van der Waals surface area contributed by atoms with Gasteiger partial charge in [-0.1, -0.05) is 37.3 Å². The van der Waals surface area contributed by atoms with Crippen molar-refractivity contribution in [1.29, 1.82) is 0 Å². The highest BCUT2D eigenvalue weighted by atomic mass is 16.5. The molecule has 0 amide bonds. The molecule has 0 spiro atoms. The number of rotatable bonds is 4. The zero-order valence-corrected chi connectivity index (χ0v) is 7.49. The highest BCUT2D eigenvalue weighted by Gasteiger charge is 2.02.